The molecular formula is C19H20N4O. The smallest absolute Gasteiger partial charge is 0.174 e. The lowest BCUT2D eigenvalue weighted by Crippen LogP contribution is -2.05. The van der Waals surface area contributed by atoms with E-state index in [2.05, 4.69) is 27.4 Å². The fourth-order valence-electron chi connectivity index (χ4n) is 2.87. The quantitative estimate of drug-likeness (QED) is 0.623. The molecule has 0 spiro atoms. The van der Waals surface area contributed by atoms with E-state index < -0.39 is 0 Å². The Hall–Kier alpha value is -2.87. The van der Waals surface area contributed by atoms with Crippen LogP contribution in [-0.4, -0.2) is 21.4 Å². The van der Waals surface area contributed by atoms with E-state index in [-0.39, 0.29) is 0 Å². The number of nitrogens with zero attached hydrogens (tertiary/aromatic N) is 4. The van der Waals surface area contributed by atoms with Crippen LogP contribution in [0.3, 0.4) is 0 Å². The first kappa shape index (κ1) is 16.0. The third-order valence-electron chi connectivity index (χ3n) is 4.05. The summed E-state index contributed by atoms with van der Waals surface area (Å²) < 4.78 is 7.75. The van der Waals surface area contributed by atoms with Crippen LogP contribution in [0, 0.1) is 11.3 Å². The molecule has 0 N–H and O–H groups in total. The predicted molar refractivity (Wildman–Crippen MR) is 93.2 cm³/mol. The fraction of sp³-hybridized carbons (Fsp3) is 0.316. The summed E-state index contributed by atoms with van der Waals surface area (Å²) in [7, 11) is 0. The van der Waals surface area contributed by atoms with Crippen molar-refractivity contribution >= 4 is 11.6 Å². The van der Waals surface area contributed by atoms with Crippen LogP contribution in [0.25, 0.3) is 11.6 Å². The molecule has 5 nitrogen and oxygen atoms in total. The van der Waals surface area contributed by atoms with Gasteiger partial charge in [-0.2, -0.15) is 5.26 Å². The molecule has 0 bridgehead atoms. The van der Waals surface area contributed by atoms with Gasteiger partial charge in [0.25, 0.3) is 0 Å². The lowest BCUT2D eigenvalue weighted by Gasteiger charge is -2.08. The number of hydrogen-bond donors (Lipinski definition) is 0. The van der Waals surface area contributed by atoms with E-state index in [1.54, 1.807) is 6.08 Å². The van der Waals surface area contributed by atoms with Crippen molar-refractivity contribution in [3.05, 3.63) is 54.1 Å². The van der Waals surface area contributed by atoms with Crippen molar-refractivity contribution in [2.75, 3.05) is 6.61 Å². The minimum atomic E-state index is 0.424. The number of hydrogen-bond acceptors (Lipinski definition) is 4. The number of fused-ring (bicyclic) bond motifs is 1. The number of rotatable bonds is 5. The first-order valence-corrected chi connectivity index (χ1v) is 8.20. The normalized spacial score (nSPS) is 14.4. The highest BCUT2D eigenvalue weighted by molar-refractivity contribution is 5.88. The van der Waals surface area contributed by atoms with Crippen LogP contribution in [0.4, 0.5) is 0 Å². The maximum absolute atomic E-state index is 9.64. The average molecular weight is 320 g/mol. The molecular weight excluding hydrogens is 300 g/mol. The molecule has 122 valence electrons. The second-order valence-corrected chi connectivity index (χ2v) is 5.71. The number of benzene rings is 1. The van der Waals surface area contributed by atoms with Crippen molar-refractivity contribution in [1.82, 2.24) is 14.8 Å². The van der Waals surface area contributed by atoms with E-state index >= 15 is 0 Å². The summed E-state index contributed by atoms with van der Waals surface area (Å²) in [5.74, 6) is 2.34. The summed E-state index contributed by atoms with van der Waals surface area (Å²) in [6.07, 6.45) is 7.85. The van der Waals surface area contributed by atoms with Gasteiger partial charge in [0.2, 0.25) is 0 Å². The van der Waals surface area contributed by atoms with Gasteiger partial charge in [-0.25, -0.2) is 0 Å². The molecule has 2 aromatic rings. The fourth-order valence-corrected chi connectivity index (χ4v) is 2.87. The second kappa shape index (κ2) is 7.60. The van der Waals surface area contributed by atoms with Gasteiger partial charge in [0, 0.05) is 18.5 Å². The van der Waals surface area contributed by atoms with Crippen molar-refractivity contribution in [2.24, 2.45) is 0 Å². The Bertz CT molecular complexity index is 798. The molecule has 1 aliphatic rings. The van der Waals surface area contributed by atoms with Gasteiger partial charge in [0.15, 0.2) is 5.82 Å². The molecule has 24 heavy (non-hydrogen) atoms. The Morgan fingerprint density at radius 1 is 1.29 bits per heavy atom. The molecule has 0 saturated heterocycles. The highest BCUT2D eigenvalue weighted by Gasteiger charge is 2.18. The van der Waals surface area contributed by atoms with Gasteiger partial charge in [-0.15, -0.1) is 10.2 Å². The Labute approximate surface area is 141 Å². The van der Waals surface area contributed by atoms with Crippen LogP contribution in [0.1, 0.15) is 36.5 Å². The van der Waals surface area contributed by atoms with Crippen molar-refractivity contribution in [1.29, 1.82) is 5.26 Å². The first-order valence-electron chi connectivity index (χ1n) is 8.20. The van der Waals surface area contributed by atoms with Gasteiger partial charge >= 0.3 is 0 Å². The number of nitriles is 1. The number of allylic oxidation sites excluding steroid dienone is 1. The molecule has 0 amide bonds. The zero-order chi connectivity index (χ0) is 16.8. The molecule has 1 aromatic carbocycles. The van der Waals surface area contributed by atoms with E-state index in [0.29, 0.717) is 18.0 Å². The highest BCUT2D eigenvalue weighted by Crippen LogP contribution is 2.25. The summed E-state index contributed by atoms with van der Waals surface area (Å²) in [6.45, 7) is 4.96. The van der Waals surface area contributed by atoms with E-state index in [0.717, 1.165) is 42.9 Å². The average Bonchev–Trinajstić information content (AvgIpc) is 2.86. The van der Waals surface area contributed by atoms with Gasteiger partial charge in [-0.3, -0.25) is 0 Å². The molecule has 0 fully saturated rings. The van der Waals surface area contributed by atoms with Crippen LogP contribution >= 0.6 is 0 Å². The molecule has 1 aromatic heterocycles. The zero-order valence-electron chi connectivity index (χ0n) is 13.6. The Morgan fingerprint density at radius 3 is 3.00 bits per heavy atom. The third kappa shape index (κ3) is 3.38. The summed E-state index contributed by atoms with van der Waals surface area (Å²) in [5.41, 5.74) is 1.35. The largest absolute Gasteiger partial charge is 0.489 e. The summed E-state index contributed by atoms with van der Waals surface area (Å²) in [4.78, 5) is 0. The summed E-state index contributed by atoms with van der Waals surface area (Å²) in [6, 6.07) is 9.91. The molecule has 0 saturated carbocycles. The molecule has 0 atom stereocenters. The number of para-hydroxylation sites is 1. The number of aromatic nitrogens is 3. The van der Waals surface area contributed by atoms with Crippen molar-refractivity contribution < 1.29 is 4.74 Å². The van der Waals surface area contributed by atoms with Crippen molar-refractivity contribution in [3.8, 4) is 11.8 Å². The van der Waals surface area contributed by atoms with Gasteiger partial charge in [-0.05, 0) is 25.0 Å². The third-order valence-corrected chi connectivity index (χ3v) is 4.05. The van der Waals surface area contributed by atoms with E-state index in [4.69, 9.17) is 4.74 Å². The van der Waals surface area contributed by atoms with Gasteiger partial charge in [0.1, 0.15) is 24.3 Å². The monoisotopic (exact) mass is 320 g/mol. The molecule has 3 rings (SSSR count). The molecule has 0 unspecified atom stereocenters. The Morgan fingerprint density at radius 2 is 2.17 bits per heavy atom. The minimum Gasteiger partial charge on any atom is -0.489 e. The zero-order valence-corrected chi connectivity index (χ0v) is 13.6. The molecule has 0 aliphatic carbocycles. The standard InChI is InChI=1S/C19H20N4O/c1-2-12-24-17-9-6-5-8-15(17)13-16(14-20)19-22-21-18-10-4-3-7-11-23(18)19/h2,5-6,8-9,13H,1,3-4,7,10-12H2/b16-13-. The van der Waals surface area contributed by atoms with E-state index in [1.165, 1.54) is 6.42 Å². The van der Waals surface area contributed by atoms with Gasteiger partial charge in [-0.1, -0.05) is 37.3 Å². The summed E-state index contributed by atoms with van der Waals surface area (Å²) >= 11 is 0. The summed E-state index contributed by atoms with van der Waals surface area (Å²) in [5, 5.41) is 18.2. The topological polar surface area (TPSA) is 63.7 Å². The number of ether oxygens (including phenoxy) is 1. The molecule has 1 aliphatic heterocycles. The molecule has 5 heteroatoms. The van der Waals surface area contributed by atoms with Crippen LogP contribution < -0.4 is 4.74 Å². The van der Waals surface area contributed by atoms with Crippen LogP contribution in [0.5, 0.6) is 5.75 Å². The van der Waals surface area contributed by atoms with Gasteiger partial charge < -0.3 is 9.30 Å². The van der Waals surface area contributed by atoms with Crippen LogP contribution in [0.15, 0.2) is 36.9 Å². The first-order chi connectivity index (χ1) is 11.8. The second-order valence-electron chi connectivity index (χ2n) is 5.71. The van der Waals surface area contributed by atoms with Gasteiger partial charge in [0.05, 0.1) is 5.57 Å². The SMILES string of the molecule is C=CCOc1ccccc1/C=C(/C#N)c1nnc2n1CCCCC2. The molecule has 0 radical (unpaired) electrons. The van der Waals surface area contributed by atoms with Crippen molar-refractivity contribution in [3.63, 3.8) is 0 Å². The minimum absolute atomic E-state index is 0.424. The van der Waals surface area contributed by atoms with Crippen LogP contribution in [0.2, 0.25) is 0 Å². The maximum Gasteiger partial charge on any atom is 0.174 e. The maximum atomic E-state index is 9.64. The van der Waals surface area contributed by atoms with Crippen molar-refractivity contribution in [2.45, 2.75) is 32.2 Å². The van der Waals surface area contributed by atoms with E-state index in [1.807, 2.05) is 30.3 Å². The van der Waals surface area contributed by atoms with E-state index in [9.17, 15) is 5.26 Å². The predicted octanol–water partition coefficient (Wildman–Crippen LogP) is 3.63. The molecule has 2 heterocycles. The highest BCUT2D eigenvalue weighted by atomic mass is 16.5. The Kier molecular flexibility index (Phi) is 5.07. The number of aryl methyl sites for hydroxylation is 1. The lowest BCUT2D eigenvalue weighted by molar-refractivity contribution is 0.362. The Balaban J connectivity index is 1.98. The van der Waals surface area contributed by atoms with Crippen LogP contribution in [-0.2, 0) is 13.0 Å². The lowest BCUT2D eigenvalue weighted by atomic mass is 10.1.